The molecule has 2 aromatic rings. The third kappa shape index (κ3) is 4.70. The van der Waals surface area contributed by atoms with E-state index in [2.05, 4.69) is 4.98 Å². The lowest BCUT2D eigenvalue weighted by Crippen LogP contribution is -2.22. The van der Waals surface area contributed by atoms with E-state index in [1.165, 1.54) is 12.1 Å². The molecule has 1 heterocycles. The van der Waals surface area contributed by atoms with Crippen LogP contribution in [0.25, 0.3) is 0 Å². The van der Waals surface area contributed by atoms with Gasteiger partial charge >= 0.3 is 0 Å². The molecule has 0 bridgehead atoms. The topological polar surface area (TPSA) is 47.0 Å². The van der Waals surface area contributed by atoms with Crippen molar-refractivity contribution in [2.24, 2.45) is 0 Å². The van der Waals surface area contributed by atoms with Gasteiger partial charge in [-0.25, -0.2) is 12.8 Å². The van der Waals surface area contributed by atoms with E-state index in [0.29, 0.717) is 17.5 Å². The molecule has 0 saturated heterocycles. The second-order valence-electron chi connectivity index (χ2n) is 8.72. The summed E-state index contributed by atoms with van der Waals surface area (Å²) in [6.45, 7) is 11.3. The molecular weight excluding hydrogens is 349 g/mol. The number of nitrogens with zero attached hydrogens (tertiary/aromatic N) is 1. The van der Waals surface area contributed by atoms with Crippen LogP contribution in [-0.2, 0) is 27.1 Å². The summed E-state index contributed by atoms with van der Waals surface area (Å²) < 4.78 is 40.9. The minimum Gasteiger partial charge on any atom is -0.261 e. The average molecular weight is 378 g/mol. The molecule has 0 radical (unpaired) electrons. The lowest BCUT2D eigenvalue weighted by atomic mass is 9.80. The quantitative estimate of drug-likeness (QED) is 0.717. The summed E-state index contributed by atoms with van der Waals surface area (Å²) in [4.78, 5) is 4.36. The summed E-state index contributed by atoms with van der Waals surface area (Å²) in [5.41, 5.74) is 0.612. The van der Waals surface area contributed by atoms with Gasteiger partial charge in [-0.3, -0.25) is 4.98 Å². The second kappa shape index (κ2) is 7.10. The van der Waals surface area contributed by atoms with E-state index in [9.17, 15) is 8.42 Å². The van der Waals surface area contributed by atoms with Gasteiger partial charge in [-0.1, -0.05) is 47.6 Å². The normalized spacial score (nSPS) is 13.0. The highest BCUT2D eigenvalue weighted by Gasteiger charge is 2.29. The molecule has 0 aliphatic carbocycles. The summed E-state index contributed by atoms with van der Waals surface area (Å²) in [6, 6.07) is 8.43. The number of aromatic nitrogens is 1. The molecule has 3 nitrogen and oxygen atoms in total. The van der Waals surface area contributed by atoms with Crippen LogP contribution in [0.5, 0.6) is 0 Å². The lowest BCUT2D eigenvalue weighted by Gasteiger charge is -2.27. The summed E-state index contributed by atoms with van der Waals surface area (Å²) in [7, 11) is -3.55. The largest absolute Gasteiger partial charge is 0.261 e. The van der Waals surface area contributed by atoms with Gasteiger partial charge in [-0.2, -0.15) is 0 Å². The number of aryl methyl sites for hydroxylation is 1. The van der Waals surface area contributed by atoms with Crippen LogP contribution in [0.1, 0.15) is 58.4 Å². The fourth-order valence-electron chi connectivity index (χ4n) is 2.77. The predicted molar refractivity (Wildman–Crippen MR) is 104 cm³/mol. The monoisotopic (exact) mass is 377 g/mol. The van der Waals surface area contributed by atoms with E-state index in [-0.39, 0.29) is 16.5 Å². The molecule has 0 saturated carbocycles. The van der Waals surface area contributed by atoms with Gasteiger partial charge in [0.1, 0.15) is 5.82 Å². The fourth-order valence-corrected chi connectivity index (χ4v) is 4.08. The number of hydrogen-bond acceptors (Lipinski definition) is 3. The molecule has 0 atom stereocenters. The highest BCUT2D eigenvalue weighted by atomic mass is 32.2. The fraction of sp³-hybridized carbons (Fsp3) is 0.476. The molecule has 5 heteroatoms. The van der Waals surface area contributed by atoms with Gasteiger partial charge in [-0.05, 0) is 46.2 Å². The first kappa shape index (κ1) is 20.6. The smallest absolute Gasteiger partial charge is 0.178 e. The third-order valence-electron chi connectivity index (χ3n) is 4.37. The zero-order valence-electron chi connectivity index (χ0n) is 16.4. The van der Waals surface area contributed by atoms with Crippen molar-refractivity contribution in [2.75, 3.05) is 5.75 Å². The number of benzene rings is 1. The minimum absolute atomic E-state index is 0.0528. The maximum atomic E-state index is 15.1. The van der Waals surface area contributed by atoms with Gasteiger partial charge in [0, 0.05) is 18.3 Å². The highest BCUT2D eigenvalue weighted by Crippen LogP contribution is 2.35. The van der Waals surface area contributed by atoms with Crippen molar-refractivity contribution >= 4 is 9.84 Å². The summed E-state index contributed by atoms with van der Waals surface area (Å²) in [5.74, 6) is -0.364. The molecule has 2 rings (SSSR count). The molecule has 1 aromatic carbocycles. The van der Waals surface area contributed by atoms with Gasteiger partial charge < -0.3 is 0 Å². The second-order valence-corrected chi connectivity index (χ2v) is 10.8. The van der Waals surface area contributed by atoms with Crippen molar-refractivity contribution in [3.63, 3.8) is 0 Å². The molecule has 0 unspecified atom stereocenters. The van der Waals surface area contributed by atoms with Crippen molar-refractivity contribution in [2.45, 2.75) is 63.7 Å². The molecule has 0 N–H and O–H groups in total. The Kier molecular flexibility index (Phi) is 5.62. The standard InChI is InChI=1S/C21H28FNO2S/c1-20(2,3)17-13-16(14-18(19(17)22)21(4,5)6)26(24,25)12-10-15-9-7-8-11-23-15/h7-9,11,13-14H,10,12H2,1-6H3. The third-order valence-corrected chi connectivity index (χ3v) is 6.07. The Morgan fingerprint density at radius 3 is 1.92 bits per heavy atom. The Morgan fingerprint density at radius 1 is 0.962 bits per heavy atom. The number of pyridine rings is 1. The van der Waals surface area contributed by atoms with E-state index in [4.69, 9.17) is 0 Å². The molecule has 0 aliphatic rings. The van der Waals surface area contributed by atoms with E-state index >= 15 is 4.39 Å². The van der Waals surface area contributed by atoms with E-state index < -0.39 is 20.7 Å². The first-order valence-corrected chi connectivity index (χ1v) is 10.4. The van der Waals surface area contributed by atoms with Gasteiger partial charge in [0.05, 0.1) is 10.6 Å². The van der Waals surface area contributed by atoms with E-state index in [0.717, 1.165) is 5.69 Å². The summed E-state index contributed by atoms with van der Waals surface area (Å²) >= 11 is 0. The zero-order valence-corrected chi connectivity index (χ0v) is 17.2. The van der Waals surface area contributed by atoms with Crippen LogP contribution in [-0.4, -0.2) is 19.2 Å². The Bertz CT molecular complexity index is 841. The van der Waals surface area contributed by atoms with Crippen LogP contribution in [0.3, 0.4) is 0 Å². The molecule has 0 aliphatic heterocycles. The Labute approximate surface area is 156 Å². The maximum Gasteiger partial charge on any atom is 0.178 e. The van der Waals surface area contributed by atoms with Gasteiger partial charge in [0.2, 0.25) is 0 Å². The maximum absolute atomic E-state index is 15.1. The zero-order chi connectivity index (χ0) is 19.8. The van der Waals surface area contributed by atoms with E-state index in [1.54, 1.807) is 18.3 Å². The summed E-state index contributed by atoms with van der Waals surface area (Å²) in [5, 5.41) is 0. The number of rotatable bonds is 4. The lowest BCUT2D eigenvalue weighted by molar-refractivity contribution is 0.478. The van der Waals surface area contributed by atoms with Crippen LogP contribution < -0.4 is 0 Å². The molecule has 0 spiro atoms. The Hall–Kier alpha value is -1.75. The molecular formula is C21H28FNO2S. The Morgan fingerprint density at radius 2 is 1.50 bits per heavy atom. The number of sulfone groups is 1. The molecule has 1 aromatic heterocycles. The van der Waals surface area contributed by atoms with Crippen LogP contribution in [0, 0.1) is 5.82 Å². The summed E-state index contributed by atoms with van der Waals surface area (Å²) in [6.07, 6.45) is 1.98. The van der Waals surface area contributed by atoms with Gasteiger partial charge in [-0.15, -0.1) is 0 Å². The number of halogens is 1. The van der Waals surface area contributed by atoms with Crippen molar-refractivity contribution < 1.29 is 12.8 Å². The Balaban J connectivity index is 2.50. The number of hydrogen-bond donors (Lipinski definition) is 0. The van der Waals surface area contributed by atoms with Gasteiger partial charge in [0.15, 0.2) is 9.84 Å². The first-order chi connectivity index (χ1) is 11.8. The average Bonchev–Trinajstić information content (AvgIpc) is 2.52. The van der Waals surface area contributed by atoms with Crippen molar-refractivity contribution in [3.05, 3.63) is 59.2 Å². The van der Waals surface area contributed by atoms with Crippen molar-refractivity contribution in [1.82, 2.24) is 4.98 Å². The molecule has 26 heavy (non-hydrogen) atoms. The predicted octanol–water partition coefficient (Wildman–Crippen LogP) is 4.83. The van der Waals surface area contributed by atoms with Crippen LogP contribution >= 0.6 is 0 Å². The van der Waals surface area contributed by atoms with Crippen LogP contribution in [0.15, 0.2) is 41.4 Å². The highest BCUT2D eigenvalue weighted by molar-refractivity contribution is 7.91. The van der Waals surface area contributed by atoms with Gasteiger partial charge in [0.25, 0.3) is 0 Å². The van der Waals surface area contributed by atoms with E-state index in [1.807, 2.05) is 47.6 Å². The van der Waals surface area contributed by atoms with Crippen LogP contribution in [0.2, 0.25) is 0 Å². The molecule has 0 amide bonds. The SMILES string of the molecule is CC(C)(C)c1cc(S(=O)(=O)CCc2ccccn2)cc(C(C)(C)C)c1F. The molecule has 142 valence electrons. The first-order valence-electron chi connectivity index (χ1n) is 8.79. The minimum atomic E-state index is -3.55. The van der Waals surface area contributed by atoms with Crippen LogP contribution in [0.4, 0.5) is 4.39 Å². The molecule has 0 fully saturated rings. The van der Waals surface area contributed by atoms with Crippen molar-refractivity contribution in [1.29, 1.82) is 0 Å². The van der Waals surface area contributed by atoms with Crippen molar-refractivity contribution in [3.8, 4) is 0 Å².